The summed E-state index contributed by atoms with van der Waals surface area (Å²) < 4.78 is 1.87. The molecule has 1 aromatic carbocycles. The third kappa shape index (κ3) is 3.85. The van der Waals surface area contributed by atoms with Gasteiger partial charge in [-0.15, -0.1) is 0 Å². The van der Waals surface area contributed by atoms with Gasteiger partial charge in [-0.05, 0) is 24.6 Å². The van der Waals surface area contributed by atoms with E-state index in [9.17, 15) is 14.7 Å². The van der Waals surface area contributed by atoms with E-state index in [1.165, 1.54) is 0 Å². The van der Waals surface area contributed by atoms with Gasteiger partial charge in [0.2, 0.25) is 5.91 Å². The lowest BCUT2D eigenvalue weighted by atomic mass is 9.89. The van der Waals surface area contributed by atoms with Gasteiger partial charge in [-0.3, -0.25) is 9.59 Å². The number of imidazole rings is 1. The van der Waals surface area contributed by atoms with Crippen molar-refractivity contribution in [2.45, 2.75) is 25.3 Å². The lowest BCUT2D eigenvalue weighted by Gasteiger charge is -2.20. The molecule has 132 valence electrons. The quantitative estimate of drug-likeness (QED) is 0.888. The van der Waals surface area contributed by atoms with Crippen LogP contribution in [0.5, 0.6) is 0 Å². The zero-order valence-corrected chi connectivity index (χ0v) is 14.6. The molecule has 0 aliphatic carbocycles. The fraction of sp³-hybridized carbons (Fsp3) is 0.389. The maximum Gasteiger partial charge on any atom is 0.308 e. The van der Waals surface area contributed by atoms with Gasteiger partial charge < -0.3 is 14.6 Å². The van der Waals surface area contributed by atoms with Crippen molar-refractivity contribution in [3.05, 3.63) is 53.6 Å². The second-order valence-electron chi connectivity index (χ2n) is 6.46. The van der Waals surface area contributed by atoms with E-state index in [0.717, 1.165) is 5.56 Å². The van der Waals surface area contributed by atoms with Gasteiger partial charge in [0.25, 0.3) is 0 Å². The van der Waals surface area contributed by atoms with E-state index in [4.69, 9.17) is 11.6 Å². The maximum absolute atomic E-state index is 12.6. The Morgan fingerprint density at radius 3 is 2.64 bits per heavy atom. The zero-order valence-electron chi connectivity index (χ0n) is 13.9. The van der Waals surface area contributed by atoms with Gasteiger partial charge in [0.05, 0.1) is 12.2 Å². The molecule has 1 aromatic heterocycles. The Balaban J connectivity index is 1.72. The van der Waals surface area contributed by atoms with Gasteiger partial charge in [-0.25, -0.2) is 4.98 Å². The Hall–Kier alpha value is -2.34. The topological polar surface area (TPSA) is 75.4 Å². The number of carboxylic acids is 1. The Morgan fingerprint density at radius 2 is 2.04 bits per heavy atom. The molecule has 2 aromatic rings. The second kappa shape index (κ2) is 7.27. The molecule has 7 heteroatoms. The minimum absolute atomic E-state index is 0.0205. The first-order valence-corrected chi connectivity index (χ1v) is 8.57. The van der Waals surface area contributed by atoms with Gasteiger partial charge >= 0.3 is 5.97 Å². The van der Waals surface area contributed by atoms with E-state index in [1.807, 2.05) is 29.8 Å². The molecule has 1 saturated heterocycles. The molecule has 1 aliphatic heterocycles. The second-order valence-corrected chi connectivity index (χ2v) is 6.90. The third-order valence-corrected chi connectivity index (χ3v) is 5.04. The number of benzene rings is 1. The number of likely N-dealkylation sites (tertiary alicyclic amines) is 1. The van der Waals surface area contributed by atoms with Crippen LogP contribution in [0.25, 0.3) is 0 Å². The summed E-state index contributed by atoms with van der Waals surface area (Å²) in [5.41, 5.74) is 0.898. The highest BCUT2D eigenvalue weighted by atomic mass is 35.5. The highest BCUT2D eigenvalue weighted by Crippen LogP contribution is 2.34. The number of nitrogens with zero attached hydrogens (tertiary/aromatic N) is 3. The van der Waals surface area contributed by atoms with Crippen molar-refractivity contribution < 1.29 is 14.7 Å². The molecule has 1 amide bonds. The SMILES string of the molecule is CC(CC(=O)N1C[C@@H](C(=O)O)[C@H](c2ccc(Cl)cc2)C1)n1ccnc1. The molecule has 1 fully saturated rings. The minimum Gasteiger partial charge on any atom is -0.481 e. The van der Waals surface area contributed by atoms with E-state index in [-0.39, 0.29) is 24.4 Å². The lowest BCUT2D eigenvalue weighted by molar-refractivity contribution is -0.141. The van der Waals surface area contributed by atoms with Crippen molar-refractivity contribution in [1.82, 2.24) is 14.5 Å². The molecule has 25 heavy (non-hydrogen) atoms. The van der Waals surface area contributed by atoms with E-state index in [1.54, 1.807) is 29.6 Å². The van der Waals surface area contributed by atoms with Gasteiger partial charge in [-0.1, -0.05) is 23.7 Å². The number of rotatable bonds is 5. The van der Waals surface area contributed by atoms with Crippen LogP contribution in [-0.2, 0) is 9.59 Å². The number of carbonyl (C=O) groups excluding carboxylic acids is 1. The van der Waals surface area contributed by atoms with Crippen LogP contribution in [0.15, 0.2) is 43.0 Å². The van der Waals surface area contributed by atoms with E-state index in [2.05, 4.69) is 4.98 Å². The molecule has 0 saturated carbocycles. The molecular weight excluding hydrogens is 342 g/mol. The van der Waals surface area contributed by atoms with Crippen molar-refractivity contribution in [2.75, 3.05) is 13.1 Å². The van der Waals surface area contributed by atoms with Crippen LogP contribution in [0, 0.1) is 5.92 Å². The highest BCUT2D eigenvalue weighted by Gasteiger charge is 2.40. The van der Waals surface area contributed by atoms with Crippen LogP contribution in [0.4, 0.5) is 0 Å². The van der Waals surface area contributed by atoms with Crippen molar-refractivity contribution in [1.29, 1.82) is 0 Å². The van der Waals surface area contributed by atoms with Crippen LogP contribution in [-0.4, -0.2) is 44.5 Å². The van der Waals surface area contributed by atoms with E-state index >= 15 is 0 Å². The van der Waals surface area contributed by atoms with Crippen LogP contribution in [0.2, 0.25) is 5.02 Å². The van der Waals surface area contributed by atoms with Gasteiger partial charge in [-0.2, -0.15) is 0 Å². The Labute approximate surface area is 151 Å². The normalized spacial score (nSPS) is 21.3. The van der Waals surface area contributed by atoms with Crippen LogP contribution >= 0.6 is 11.6 Å². The summed E-state index contributed by atoms with van der Waals surface area (Å²) in [5, 5.41) is 10.2. The summed E-state index contributed by atoms with van der Waals surface area (Å²) in [6.45, 7) is 2.59. The number of carbonyl (C=O) groups is 2. The summed E-state index contributed by atoms with van der Waals surface area (Å²) in [5.74, 6) is -1.74. The zero-order chi connectivity index (χ0) is 18.0. The number of aliphatic carboxylic acids is 1. The number of aromatic nitrogens is 2. The lowest BCUT2D eigenvalue weighted by Crippen LogP contribution is -2.31. The highest BCUT2D eigenvalue weighted by molar-refractivity contribution is 6.30. The van der Waals surface area contributed by atoms with Crippen molar-refractivity contribution in [2.24, 2.45) is 5.92 Å². The molecule has 1 aliphatic rings. The monoisotopic (exact) mass is 361 g/mol. The van der Waals surface area contributed by atoms with Crippen molar-refractivity contribution in [3.8, 4) is 0 Å². The summed E-state index contributed by atoms with van der Waals surface area (Å²) in [6, 6.07) is 7.16. The molecule has 1 unspecified atom stereocenters. The first-order chi connectivity index (χ1) is 12.0. The van der Waals surface area contributed by atoms with Crippen molar-refractivity contribution in [3.63, 3.8) is 0 Å². The molecule has 3 rings (SSSR count). The minimum atomic E-state index is -0.877. The number of halogens is 1. The molecule has 6 nitrogen and oxygen atoms in total. The number of hydrogen-bond donors (Lipinski definition) is 1. The predicted molar refractivity (Wildman–Crippen MR) is 93.5 cm³/mol. The molecule has 1 N–H and O–H groups in total. The average Bonchev–Trinajstić information content (AvgIpc) is 3.25. The van der Waals surface area contributed by atoms with Gasteiger partial charge in [0.1, 0.15) is 0 Å². The molecule has 2 heterocycles. The van der Waals surface area contributed by atoms with Crippen LogP contribution in [0.3, 0.4) is 0 Å². The molecule has 3 atom stereocenters. The fourth-order valence-corrected chi connectivity index (χ4v) is 3.45. The third-order valence-electron chi connectivity index (χ3n) is 4.79. The van der Waals surface area contributed by atoms with Crippen molar-refractivity contribution >= 4 is 23.5 Å². The summed E-state index contributed by atoms with van der Waals surface area (Å²) in [6.07, 6.45) is 5.49. The van der Waals surface area contributed by atoms with Gasteiger partial charge in [0, 0.05) is 48.9 Å². The largest absolute Gasteiger partial charge is 0.481 e. The first-order valence-electron chi connectivity index (χ1n) is 8.19. The average molecular weight is 362 g/mol. The molecular formula is C18H20ClN3O3. The maximum atomic E-state index is 12.6. The molecule has 0 spiro atoms. The van der Waals surface area contributed by atoms with Gasteiger partial charge in [0.15, 0.2) is 0 Å². The summed E-state index contributed by atoms with van der Waals surface area (Å²) in [7, 11) is 0. The number of carboxylic acid groups (broad SMARTS) is 1. The van der Waals surface area contributed by atoms with E-state index < -0.39 is 11.9 Å². The van der Waals surface area contributed by atoms with E-state index in [0.29, 0.717) is 18.0 Å². The predicted octanol–water partition coefficient (Wildman–Crippen LogP) is 2.81. The van der Waals surface area contributed by atoms with Crippen LogP contribution in [0.1, 0.15) is 30.9 Å². The summed E-state index contributed by atoms with van der Waals surface area (Å²) in [4.78, 5) is 29.9. The number of hydrogen-bond acceptors (Lipinski definition) is 3. The Morgan fingerprint density at radius 1 is 1.32 bits per heavy atom. The van der Waals surface area contributed by atoms with Crippen LogP contribution < -0.4 is 0 Å². The number of amides is 1. The summed E-state index contributed by atoms with van der Waals surface area (Å²) >= 11 is 5.91. The smallest absolute Gasteiger partial charge is 0.308 e. The molecule has 0 bridgehead atoms. The fourth-order valence-electron chi connectivity index (χ4n) is 3.32. The Kier molecular flexibility index (Phi) is 5.08. The standard InChI is InChI=1S/C18H20ClN3O3/c1-12(21-7-6-20-11-21)8-17(23)22-9-15(16(10-22)18(24)25)13-2-4-14(19)5-3-13/h2-7,11-12,15-16H,8-10H2,1H3,(H,24,25)/t12?,15-,16+/m0/s1. The molecule has 0 radical (unpaired) electrons. The Bertz CT molecular complexity index is 745. The first kappa shape index (κ1) is 17.5.